The fourth-order valence-electron chi connectivity index (χ4n) is 3.31. The van der Waals surface area contributed by atoms with Crippen LogP contribution in [0.25, 0.3) is 44.1 Å². The van der Waals surface area contributed by atoms with E-state index in [1.165, 1.54) is 89.4 Å². The minimum atomic E-state index is -0.250. The van der Waals surface area contributed by atoms with Crippen molar-refractivity contribution >= 4 is 117 Å². The molecule has 0 unspecified atom stereocenters. The molecule has 0 aliphatic rings. The Morgan fingerprint density at radius 2 is 1.00 bits per heavy atom. The Kier molecular flexibility index (Phi) is 54.6. The van der Waals surface area contributed by atoms with Crippen LogP contribution in [0, 0.1) is 36.6 Å². The molecule has 4 radical (unpaired) electrons. The number of rotatable bonds is 1. The molecular weight excluding hydrogens is 1010 g/mol. The molecule has 2 N–H and O–H groups in total. The molecule has 0 amide bonds. The molecule has 0 aromatic heterocycles. The number of hydrogen-bond acceptors (Lipinski definition) is 0. The van der Waals surface area contributed by atoms with E-state index < -0.39 is 0 Å². The number of hydrogen-bond donors (Lipinski definition) is 0. The Morgan fingerprint density at radius 3 is 1.41 bits per heavy atom. The zero-order valence-electron chi connectivity index (χ0n) is 30.5. The second-order valence-electron chi connectivity index (χ2n) is 11.2. The van der Waals surface area contributed by atoms with Gasteiger partial charge in [0, 0.05) is 4.47 Å². The van der Waals surface area contributed by atoms with Gasteiger partial charge in [0.2, 0.25) is 0 Å². The molecule has 278 valence electrons. The van der Waals surface area contributed by atoms with Crippen LogP contribution in [-0.4, -0.2) is 24.8 Å². The SMILES string of the molecule is Brc1ccc(-c2cc3ccccc3[cH-]2)cc1.CC(C)(C)[NH-].CC(C)(C)[NH-].Cc1cc2cccc(Br)c2[cH-]1.Cl.Cl.Cl.Cl.[CH3-].[CH3-].[CH3-].[CH3-].[Si]=[Zr].[Si]=[Zr]. The summed E-state index contributed by atoms with van der Waals surface area (Å²) in [5.41, 5.74) is 17.2. The zero-order valence-corrected chi connectivity index (χ0v) is 43.9. The summed E-state index contributed by atoms with van der Waals surface area (Å²) in [5, 5.41) is 5.24. The topological polar surface area (TPSA) is 47.6 Å². The molecule has 0 saturated heterocycles. The first-order valence-corrected chi connectivity index (χ1v) is 22.8. The number of fused-ring (bicyclic) bond motifs is 2. The molecule has 2 nitrogen and oxygen atoms in total. The molecule has 12 heteroatoms. The van der Waals surface area contributed by atoms with Crippen molar-refractivity contribution < 1.29 is 46.7 Å². The number of halogens is 6. The molecule has 0 heterocycles. The van der Waals surface area contributed by atoms with Crippen molar-refractivity contribution in [3.63, 3.8) is 0 Å². The summed E-state index contributed by atoms with van der Waals surface area (Å²) in [6.07, 6.45) is 0. The van der Waals surface area contributed by atoms with E-state index in [4.69, 9.17) is 11.5 Å². The third-order valence-corrected chi connectivity index (χ3v) is 5.86. The number of aryl methyl sites for hydroxylation is 1. The summed E-state index contributed by atoms with van der Waals surface area (Å²) in [5.74, 6) is 0. The van der Waals surface area contributed by atoms with Gasteiger partial charge < -0.3 is 41.2 Å². The minimum absolute atomic E-state index is 0. The molecule has 0 aliphatic carbocycles. The quantitative estimate of drug-likeness (QED) is 0.119. The van der Waals surface area contributed by atoms with Gasteiger partial charge in [-0.25, -0.2) is 0 Å². The van der Waals surface area contributed by atoms with Crippen LogP contribution in [0.1, 0.15) is 47.1 Å². The molecule has 0 aliphatic heterocycles. The van der Waals surface area contributed by atoms with Crippen LogP contribution in [0.2, 0.25) is 0 Å². The molecule has 49 heavy (non-hydrogen) atoms. The predicted molar refractivity (Wildman–Crippen MR) is 239 cm³/mol. The van der Waals surface area contributed by atoms with E-state index in [1.54, 1.807) is 0 Å². The second kappa shape index (κ2) is 37.4. The van der Waals surface area contributed by atoms with Crippen LogP contribution < -0.4 is 0 Å². The van der Waals surface area contributed by atoms with E-state index >= 15 is 0 Å². The van der Waals surface area contributed by atoms with E-state index in [1.807, 2.05) is 41.5 Å². The van der Waals surface area contributed by atoms with Crippen molar-refractivity contribution in [2.75, 3.05) is 0 Å². The molecule has 0 bridgehead atoms. The van der Waals surface area contributed by atoms with Crippen molar-refractivity contribution in [3.8, 4) is 11.1 Å². The van der Waals surface area contributed by atoms with Crippen molar-refractivity contribution in [1.82, 2.24) is 0 Å². The van der Waals surface area contributed by atoms with Gasteiger partial charge in [0.05, 0.1) is 0 Å². The molecule has 0 fully saturated rings. The molecule has 5 aromatic carbocycles. The van der Waals surface area contributed by atoms with Crippen molar-refractivity contribution in [3.05, 3.63) is 147 Å². The Hall–Kier alpha value is 1.12. The van der Waals surface area contributed by atoms with Gasteiger partial charge in [-0.2, -0.15) is 6.07 Å². The third kappa shape index (κ3) is 34.6. The summed E-state index contributed by atoms with van der Waals surface area (Å²) >= 11 is 9.67. The zero-order chi connectivity index (χ0) is 31.8. The summed E-state index contributed by atoms with van der Waals surface area (Å²) in [7, 11) is 0. The Balaban J connectivity index is -0.0000000620. The van der Waals surface area contributed by atoms with Crippen LogP contribution in [0.5, 0.6) is 0 Å². The normalized spacial score (nSPS) is 8.51. The monoisotopic (exact) mass is 1060 g/mol. The predicted octanol–water partition coefficient (Wildman–Crippen LogP) is 15.0. The summed E-state index contributed by atoms with van der Waals surface area (Å²) < 4.78 is 2.30. The van der Waals surface area contributed by atoms with Crippen LogP contribution in [0.3, 0.4) is 0 Å². The van der Waals surface area contributed by atoms with Crippen LogP contribution in [0.4, 0.5) is 0 Å². The average molecular weight is 1070 g/mol. The van der Waals surface area contributed by atoms with E-state index in [-0.39, 0.29) is 90.4 Å². The van der Waals surface area contributed by atoms with E-state index in [0.29, 0.717) is 0 Å². The molecule has 0 spiro atoms. The van der Waals surface area contributed by atoms with Gasteiger partial charge >= 0.3 is 60.4 Å². The van der Waals surface area contributed by atoms with Crippen LogP contribution in [0.15, 0.2) is 99.9 Å². The first-order valence-electron chi connectivity index (χ1n) is 12.8. The first kappa shape index (κ1) is 71.5. The van der Waals surface area contributed by atoms with Gasteiger partial charge in [0.15, 0.2) is 0 Å². The van der Waals surface area contributed by atoms with Gasteiger partial charge in [-0.3, -0.25) is 0 Å². The summed E-state index contributed by atoms with van der Waals surface area (Å²) in [6, 6.07) is 32.0. The third-order valence-electron chi connectivity index (χ3n) is 4.64. The summed E-state index contributed by atoms with van der Waals surface area (Å²) in [4.78, 5) is 0. The molecule has 5 rings (SSSR count). The van der Waals surface area contributed by atoms with Gasteiger partial charge in [-0.15, -0.1) is 140 Å². The van der Waals surface area contributed by atoms with E-state index in [0.717, 1.165) is 4.47 Å². The molecule has 0 saturated carbocycles. The molecular formula is C37H54Br2Cl4N2Si2Zr2-8. The van der Waals surface area contributed by atoms with Gasteiger partial charge in [0.25, 0.3) is 0 Å². The van der Waals surface area contributed by atoms with Gasteiger partial charge in [-0.05, 0) is 0 Å². The molecule has 5 aromatic rings. The maximum atomic E-state index is 6.94. The van der Waals surface area contributed by atoms with Gasteiger partial charge in [0.1, 0.15) is 0 Å². The van der Waals surface area contributed by atoms with E-state index in [2.05, 4.69) is 144 Å². The van der Waals surface area contributed by atoms with Crippen molar-refractivity contribution in [1.29, 1.82) is 0 Å². The average Bonchev–Trinajstić information content (AvgIpc) is 3.49. The van der Waals surface area contributed by atoms with Crippen LogP contribution >= 0.6 is 81.5 Å². The number of nitrogens with one attached hydrogen (secondary N) is 2. The standard InChI is InChI=1S/C15H10Br.C10H8Br.2C4H10N.4CH3.4ClH.2Si.2Zr/c16-15-7-5-11(6-8-15)14-9-12-3-1-2-4-13(12)10-14;1-7-5-8-3-2-4-10(11)9(8)6-7;2*1-4(2,3)5;;;;;;;;;;;;/h1-10H;2-6H,1H3;2*5H,1-3H3;4*1H3;4*1H;;;;/q8*-1;;;;;;;;. The molecule has 0 atom stereocenters. The van der Waals surface area contributed by atoms with Gasteiger partial charge in [-0.1, -0.05) is 129 Å². The second-order valence-corrected chi connectivity index (χ2v) is 12.9. The fraction of sp³-hybridized carbons (Fsp3) is 0.243. The fourth-order valence-corrected chi connectivity index (χ4v) is 4.07. The number of benzene rings is 3. The van der Waals surface area contributed by atoms with Crippen LogP contribution in [-0.2, 0) is 46.7 Å². The van der Waals surface area contributed by atoms with Crippen molar-refractivity contribution in [2.45, 2.75) is 59.5 Å². The Labute approximate surface area is 376 Å². The van der Waals surface area contributed by atoms with Crippen molar-refractivity contribution in [2.24, 2.45) is 0 Å². The summed E-state index contributed by atoms with van der Waals surface area (Å²) in [6.45, 7) is 19.4. The Morgan fingerprint density at radius 1 is 0.592 bits per heavy atom. The first-order chi connectivity index (χ1) is 19.1. The maximum absolute atomic E-state index is 6.94. The Bertz CT molecular complexity index is 1400. The van der Waals surface area contributed by atoms with E-state index in [9.17, 15) is 0 Å².